The number of aromatic amines is 1. The third kappa shape index (κ3) is 30.5. The zero-order valence-corrected chi connectivity index (χ0v) is 74.9. The van der Waals surface area contributed by atoms with Gasteiger partial charge in [-0.05, 0) is 94.5 Å². The summed E-state index contributed by atoms with van der Waals surface area (Å²) in [5.74, 6) is -17.4. The van der Waals surface area contributed by atoms with Crippen LogP contribution < -0.4 is 53.6 Å². The Morgan fingerprint density at radius 2 is 0.915 bits per heavy atom. The number of hydrogen-bond donors (Lipinski definition) is 14. The lowest BCUT2D eigenvalue weighted by Gasteiger charge is -2.37. The maximum Gasteiger partial charge on any atom is 0.305 e. The predicted octanol–water partition coefficient (Wildman–Crippen LogP) is 2.33. The van der Waals surface area contributed by atoms with Crippen LogP contribution in [0.1, 0.15) is 100 Å². The lowest BCUT2D eigenvalue weighted by Crippen LogP contribution is -2.61. The Morgan fingerprint density at radius 1 is 0.457 bits per heavy atom. The van der Waals surface area contributed by atoms with Crippen LogP contribution in [0.4, 0.5) is 0 Å². The molecule has 7 aromatic rings. The van der Waals surface area contributed by atoms with Gasteiger partial charge in [-0.2, -0.15) is 0 Å². The van der Waals surface area contributed by atoms with E-state index >= 15 is 33.6 Å². The van der Waals surface area contributed by atoms with E-state index in [0.717, 1.165) is 26.5 Å². The van der Waals surface area contributed by atoms with Crippen molar-refractivity contribution in [3.8, 4) is 11.5 Å². The normalized spacial score (nSPS) is 21.9. The first-order valence-electron chi connectivity index (χ1n) is 42.7. The SMILES string of the molecule is CCCC[C@H]1C(=O)N(C)CC(=O)N[C@@H](CC(=O)O)C(=O)N[C@@H](C(C)C)C(=O)N(C)[C@@H](Cc2ccccc2)C(=O)N[C@@H](Cc2ccc(O)cc2)C(=O)N(C)CC(=O)N[C@@H](Cc2cccc3[nH]ccc23)C(=O)N[C@@H](Cc2ccc(O)cc2)C(=O)N[C@@H](CC(C)C)C(=O)N[C@H](C(=O)NCC(N)=O)CSCC(=O)N[C@@H](Cc2ccccc2)C(=O)N(C)[C@@H](Cc2ccccc2)C(=O)N1C. The van der Waals surface area contributed by atoms with E-state index in [1.165, 1.54) is 93.6 Å². The molecule has 15 amide bonds. The number of benzene rings is 6. The molecule has 6 aromatic carbocycles. The first-order chi connectivity index (χ1) is 61.4. The van der Waals surface area contributed by atoms with Crippen molar-refractivity contribution < 1.29 is 92.0 Å². The largest absolute Gasteiger partial charge is 0.508 e. The number of fused-ring (bicyclic) bond motifs is 1. The van der Waals surface area contributed by atoms with Crippen LogP contribution in [0.2, 0.25) is 0 Å². The predicted molar refractivity (Wildman–Crippen MR) is 482 cm³/mol. The highest BCUT2D eigenvalue weighted by molar-refractivity contribution is 8.00. The molecule has 0 aliphatic carbocycles. The molecule has 35 nitrogen and oxygen atoms in total. The summed E-state index contributed by atoms with van der Waals surface area (Å²) in [4.78, 5) is 243. The van der Waals surface area contributed by atoms with E-state index in [2.05, 4.69) is 52.8 Å². The molecule has 0 saturated carbocycles. The zero-order chi connectivity index (χ0) is 94.3. The van der Waals surface area contributed by atoms with Crippen LogP contribution in [-0.2, 0) is 115 Å². The van der Waals surface area contributed by atoms with Gasteiger partial charge in [0.25, 0.3) is 0 Å². The molecule has 2 heterocycles. The van der Waals surface area contributed by atoms with Gasteiger partial charge in [0, 0.05) is 96.6 Å². The molecule has 0 radical (unpaired) electrons. The lowest BCUT2D eigenvalue weighted by atomic mass is 9.98. The summed E-state index contributed by atoms with van der Waals surface area (Å²) < 4.78 is 0. The number of H-pyrrole nitrogens is 1. The Kier molecular flexibility index (Phi) is 38.2. The number of carboxylic acids is 1. The second kappa shape index (κ2) is 48.9. The number of hydrogen-bond acceptors (Lipinski definition) is 19. The van der Waals surface area contributed by atoms with Crippen molar-refractivity contribution in [2.75, 3.05) is 66.4 Å². The number of aromatic nitrogens is 1. The van der Waals surface area contributed by atoms with Crippen molar-refractivity contribution in [3.63, 3.8) is 0 Å². The fourth-order valence-corrected chi connectivity index (χ4v) is 15.8. The van der Waals surface area contributed by atoms with E-state index in [9.17, 15) is 58.5 Å². The number of nitrogens with one attached hydrogen (secondary N) is 10. The molecule has 0 bridgehead atoms. The van der Waals surface area contributed by atoms with E-state index in [4.69, 9.17) is 5.73 Å². The maximum absolute atomic E-state index is 15.5. The minimum absolute atomic E-state index is 0.0299. The topological polar surface area (TPSA) is 500 Å². The van der Waals surface area contributed by atoms with Gasteiger partial charge in [0.05, 0.1) is 31.8 Å². The van der Waals surface area contributed by atoms with Crippen molar-refractivity contribution in [3.05, 3.63) is 203 Å². The summed E-state index contributed by atoms with van der Waals surface area (Å²) in [6.07, 6.45) is 0.141. The molecule has 15 N–H and O–H groups in total. The standard InChI is InChI=1S/C93H118N16O19S/c1-11-12-31-74-91(126)106(7)52-79(114)98-70(49-81(116)117)87(122)104-82(56(4)5)93(128)108(9)75(46-58-25-18-14-19-26-58)88(123)102-71(45-61-34-38-64(111)39-35-61)89(124)105(6)51-78(113)97-69(48-62-29-22-30-66-65(62)40-41-95-66)86(121)101-68(43-60-32-36-63(110)37-33-60)85(120)100-67(42-55(2)3)84(119)103-73(83(118)96-50-77(94)112)53-129-54-80(115)99-72(44-57-23-16-13-17-24-57)90(125)109(10)76(92(127)107(74)8)47-59-27-20-15-21-28-59/h13-30,32-41,55-56,67-76,82,95,110-111H,11-12,31,42-54H2,1-10H3,(H2,94,112)(H,96,118)(H,97,113)(H,98,114)(H,99,115)(H,100,120)(H,101,121)(H,102,123)(H,103,119)(H,104,122)(H,116,117)/t67-,68-,69-,70-,71-,72-,73-,74-,75-,76-,82-/m0/s1. The molecule has 36 heteroatoms. The number of amides is 15. The van der Waals surface area contributed by atoms with Crippen LogP contribution in [0.25, 0.3) is 10.9 Å². The monoisotopic (exact) mass is 1790 g/mol. The van der Waals surface area contributed by atoms with Crippen LogP contribution in [0.15, 0.2) is 170 Å². The van der Waals surface area contributed by atoms with Crippen LogP contribution in [0, 0.1) is 11.8 Å². The summed E-state index contributed by atoms with van der Waals surface area (Å²) in [7, 11) is 6.54. The lowest BCUT2D eigenvalue weighted by molar-refractivity contribution is -0.151. The fourth-order valence-electron chi connectivity index (χ4n) is 15.0. The highest BCUT2D eigenvalue weighted by Gasteiger charge is 2.42. The number of aliphatic carboxylic acids is 1. The van der Waals surface area contributed by atoms with Crippen LogP contribution in [0.5, 0.6) is 11.5 Å². The number of primary amides is 1. The van der Waals surface area contributed by atoms with Gasteiger partial charge >= 0.3 is 5.97 Å². The van der Waals surface area contributed by atoms with Gasteiger partial charge in [-0.25, -0.2) is 0 Å². The van der Waals surface area contributed by atoms with Crippen molar-refractivity contribution in [1.29, 1.82) is 0 Å². The number of phenols is 2. The summed E-state index contributed by atoms with van der Waals surface area (Å²) in [6.45, 7) is 6.17. The van der Waals surface area contributed by atoms with Gasteiger partial charge < -0.3 is 98.4 Å². The average molecular weight is 1800 g/mol. The molecule has 0 unspecified atom stereocenters. The van der Waals surface area contributed by atoms with Crippen molar-refractivity contribution in [2.45, 2.75) is 172 Å². The molecule has 1 saturated heterocycles. The third-order valence-electron chi connectivity index (χ3n) is 22.1. The Morgan fingerprint density at radius 3 is 1.45 bits per heavy atom. The summed E-state index contributed by atoms with van der Waals surface area (Å²) >= 11 is 0.829. The maximum atomic E-state index is 15.5. The van der Waals surface area contributed by atoms with Gasteiger partial charge in [0.1, 0.15) is 78.0 Å². The molecular formula is C93H118N16O19S. The van der Waals surface area contributed by atoms with E-state index in [0.29, 0.717) is 57.1 Å². The van der Waals surface area contributed by atoms with E-state index in [1.54, 1.807) is 149 Å². The van der Waals surface area contributed by atoms with E-state index in [1.807, 2.05) is 6.92 Å². The minimum atomic E-state index is -1.91. The van der Waals surface area contributed by atoms with E-state index in [-0.39, 0.29) is 74.5 Å². The Bertz CT molecular complexity index is 5070. The number of unbranched alkanes of at least 4 members (excludes halogenated alkanes) is 1. The van der Waals surface area contributed by atoms with Gasteiger partial charge in [-0.3, -0.25) is 76.7 Å². The number of thioether (sulfide) groups is 1. The highest BCUT2D eigenvalue weighted by Crippen LogP contribution is 2.25. The molecule has 129 heavy (non-hydrogen) atoms. The Hall–Kier alpha value is -13.7. The number of carbonyl (C=O) groups excluding carboxylic acids is 15. The Labute approximate surface area is 753 Å². The molecular weight excluding hydrogens is 1680 g/mol. The molecule has 0 spiro atoms. The molecule has 1 aliphatic rings. The number of aromatic hydroxyl groups is 2. The number of carbonyl (C=O) groups is 16. The van der Waals surface area contributed by atoms with Crippen LogP contribution in [-0.4, -0.2) is 272 Å². The average Bonchev–Trinajstić information content (AvgIpc) is 1.09. The van der Waals surface area contributed by atoms with Crippen LogP contribution >= 0.6 is 11.8 Å². The molecule has 690 valence electrons. The molecule has 1 fully saturated rings. The summed E-state index contributed by atoms with van der Waals surface area (Å²) in [5, 5.41) is 55.6. The van der Waals surface area contributed by atoms with Gasteiger partial charge in [0.15, 0.2) is 0 Å². The number of carboxylic acid groups (broad SMARTS) is 1. The number of rotatable bonds is 23. The third-order valence-corrected chi connectivity index (χ3v) is 23.1. The minimum Gasteiger partial charge on any atom is -0.508 e. The quantitative estimate of drug-likeness (QED) is 0.0437. The van der Waals surface area contributed by atoms with Gasteiger partial charge in [-0.1, -0.05) is 175 Å². The smallest absolute Gasteiger partial charge is 0.305 e. The van der Waals surface area contributed by atoms with Crippen molar-refractivity contribution in [2.24, 2.45) is 17.6 Å². The molecule has 8 rings (SSSR count). The molecule has 1 aliphatic heterocycles. The summed E-state index contributed by atoms with van der Waals surface area (Å²) in [6, 6.07) is 27.1. The molecule has 1 aromatic heterocycles. The fraction of sp³-hybridized carbons (Fsp3) is 0.419. The van der Waals surface area contributed by atoms with E-state index < -0.39 is 199 Å². The van der Waals surface area contributed by atoms with Gasteiger partial charge in [0.2, 0.25) is 88.6 Å². The first-order valence-corrected chi connectivity index (χ1v) is 43.8. The van der Waals surface area contributed by atoms with Crippen LogP contribution in [0.3, 0.4) is 0 Å². The van der Waals surface area contributed by atoms with Gasteiger partial charge in [-0.15, -0.1) is 11.8 Å². The van der Waals surface area contributed by atoms with Crippen molar-refractivity contribution >= 4 is 117 Å². The number of phenolic OH excluding ortho intramolecular Hbond substituents is 2. The number of nitrogens with zero attached hydrogens (tertiary/aromatic N) is 5. The van der Waals surface area contributed by atoms with Crippen molar-refractivity contribution in [1.82, 2.24) is 77.3 Å². The summed E-state index contributed by atoms with van der Waals surface area (Å²) in [5.41, 5.74) is 9.13. The highest BCUT2D eigenvalue weighted by atomic mass is 32.2. The number of nitrogens with two attached hydrogens (primary N) is 1. The number of likely N-dealkylation sites (N-methyl/N-ethyl adjacent to an activating group) is 5. The first kappa shape index (κ1) is 101. The molecule has 11 atom stereocenters. The Balaban J connectivity index is 1.21. The zero-order valence-electron chi connectivity index (χ0n) is 74.1. The second-order valence-corrected chi connectivity index (χ2v) is 34.1. The second-order valence-electron chi connectivity index (χ2n) is 33.1.